The lowest BCUT2D eigenvalue weighted by atomic mass is 9.92. The minimum atomic E-state index is 0. The predicted molar refractivity (Wildman–Crippen MR) is 146 cm³/mol. The average Bonchev–Trinajstić information content (AvgIpc) is 2.83. The molecule has 4 aromatic rings. The molecular weight excluding hydrogens is 384 g/mol. The SMILES string of the molecule is C.CC.CC.Cc1ccc(-c2cc(-c3ccc(C)cc3)cc(-c3ccc(C)cc3)c2)cc1. The molecular formula is C32H40. The smallest absolute Gasteiger partial charge is 0.0172 e. The monoisotopic (exact) mass is 424 g/mol. The summed E-state index contributed by atoms with van der Waals surface area (Å²) in [6, 6.07) is 33.2. The predicted octanol–water partition coefficient (Wildman–Crippen LogP) is 10.3. The molecule has 4 aromatic carbocycles. The van der Waals surface area contributed by atoms with Crippen molar-refractivity contribution >= 4 is 0 Å². The summed E-state index contributed by atoms with van der Waals surface area (Å²) in [6.45, 7) is 14.4. The molecule has 0 unspecified atom stereocenters. The van der Waals surface area contributed by atoms with Crippen LogP contribution in [0.4, 0.5) is 0 Å². The fourth-order valence-electron chi connectivity index (χ4n) is 3.37. The number of hydrogen-bond acceptors (Lipinski definition) is 0. The highest BCUT2D eigenvalue weighted by molar-refractivity contribution is 5.81. The number of aryl methyl sites for hydroxylation is 3. The first kappa shape index (κ1) is 26.9. The minimum absolute atomic E-state index is 0. The van der Waals surface area contributed by atoms with Crippen molar-refractivity contribution < 1.29 is 0 Å². The molecule has 0 bridgehead atoms. The van der Waals surface area contributed by atoms with E-state index >= 15 is 0 Å². The van der Waals surface area contributed by atoms with Gasteiger partial charge in [0, 0.05) is 0 Å². The summed E-state index contributed by atoms with van der Waals surface area (Å²) < 4.78 is 0. The van der Waals surface area contributed by atoms with Crippen LogP contribution < -0.4 is 0 Å². The van der Waals surface area contributed by atoms with Crippen LogP contribution in [0, 0.1) is 20.8 Å². The van der Waals surface area contributed by atoms with Crippen molar-refractivity contribution in [2.24, 2.45) is 0 Å². The third kappa shape index (κ3) is 6.95. The molecule has 0 saturated heterocycles. The molecule has 0 fully saturated rings. The zero-order valence-corrected chi connectivity index (χ0v) is 20.2. The number of benzene rings is 4. The van der Waals surface area contributed by atoms with Gasteiger partial charge in [-0.3, -0.25) is 0 Å². The maximum atomic E-state index is 2.30. The lowest BCUT2D eigenvalue weighted by Crippen LogP contribution is -1.87. The molecule has 32 heavy (non-hydrogen) atoms. The molecule has 4 rings (SSSR count). The van der Waals surface area contributed by atoms with E-state index in [1.54, 1.807) is 0 Å². The van der Waals surface area contributed by atoms with E-state index in [2.05, 4.69) is 112 Å². The van der Waals surface area contributed by atoms with Gasteiger partial charge in [0.15, 0.2) is 0 Å². The molecule has 0 spiro atoms. The Balaban J connectivity index is 0.000000971. The molecule has 0 aliphatic rings. The Morgan fingerprint density at radius 3 is 0.688 bits per heavy atom. The van der Waals surface area contributed by atoms with Gasteiger partial charge >= 0.3 is 0 Å². The van der Waals surface area contributed by atoms with Gasteiger partial charge in [-0.15, -0.1) is 0 Å². The first-order valence-electron chi connectivity index (χ1n) is 11.4. The van der Waals surface area contributed by atoms with Gasteiger partial charge < -0.3 is 0 Å². The van der Waals surface area contributed by atoms with Crippen LogP contribution in [0.5, 0.6) is 0 Å². The molecule has 0 atom stereocenters. The van der Waals surface area contributed by atoms with Crippen molar-refractivity contribution in [3.8, 4) is 33.4 Å². The molecule has 0 nitrogen and oxygen atoms in total. The van der Waals surface area contributed by atoms with E-state index in [0.717, 1.165) is 0 Å². The zero-order chi connectivity index (χ0) is 22.8. The summed E-state index contributed by atoms with van der Waals surface area (Å²) in [5.74, 6) is 0. The van der Waals surface area contributed by atoms with E-state index < -0.39 is 0 Å². The van der Waals surface area contributed by atoms with Gasteiger partial charge in [-0.25, -0.2) is 0 Å². The van der Waals surface area contributed by atoms with Crippen molar-refractivity contribution in [1.82, 2.24) is 0 Å². The van der Waals surface area contributed by atoms with Crippen LogP contribution in [-0.2, 0) is 0 Å². The molecule has 0 aromatic heterocycles. The first-order valence-corrected chi connectivity index (χ1v) is 11.4. The molecule has 0 amide bonds. The largest absolute Gasteiger partial charge is 0.0776 e. The van der Waals surface area contributed by atoms with E-state index in [-0.39, 0.29) is 7.43 Å². The van der Waals surface area contributed by atoms with Crippen molar-refractivity contribution in [3.63, 3.8) is 0 Å². The Labute approximate surface area is 197 Å². The molecule has 0 N–H and O–H groups in total. The van der Waals surface area contributed by atoms with Crippen molar-refractivity contribution in [2.45, 2.75) is 55.9 Å². The third-order valence-electron chi connectivity index (χ3n) is 5.09. The molecule has 0 radical (unpaired) electrons. The van der Waals surface area contributed by atoms with Gasteiger partial charge in [0.1, 0.15) is 0 Å². The second kappa shape index (κ2) is 13.3. The quantitative estimate of drug-likeness (QED) is 0.307. The third-order valence-corrected chi connectivity index (χ3v) is 5.09. The van der Waals surface area contributed by atoms with Crippen LogP contribution in [0.15, 0.2) is 91.0 Å². The van der Waals surface area contributed by atoms with E-state index in [9.17, 15) is 0 Å². The fraction of sp³-hybridized carbons (Fsp3) is 0.250. The summed E-state index contributed by atoms with van der Waals surface area (Å²) >= 11 is 0. The molecule has 168 valence electrons. The average molecular weight is 425 g/mol. The number of rotatable bonds is 3. The minimum Gasteiger partial charge on any atom is -0.0776 e. The topological polar surface area (TPSA) is 0 Å². The highest BCUT2D eigenvalue weighted by Crippen LogP contribution is 2.33. The zero-order valence-electron chi connectivity index (χ0n) is 20.2. The van der Waals surface area contributed by atoms with Crippen LogP contribution >= 0.6 is 0 Å². The summed E-state index contributed by atoms with van der Waals surface area (Å²) in [6.07, 6.45) is 0. The van der Waals surface area contributed by atoms with Crippen LogP contribution in [-0.4, -0.2) is 0 Å². The second-order valence-corrected chi connectivity index (χ2v) is 7.40. The van der Waals surface area contributed by atoms with Gasteiger partial charge in [0.05, 0.1) is 0 Å². The molecule has 0 saturated carbocycles. The Bertz CT molecular complexity index is 897. The maximum Gasteiger partial charge on any atom is -0.0172 e. The van der Waals surface area contributed by atoms with Crippen molar-refractivity contribution in [1.29, 1.82) is 0 Å². The Morgan fingerprint density at radius 2 is 0.500 bits per heavy atom. The highest BCUT2D eigenvalue weighted by atomic mass is 14.1. The summed E-state index contributed by atoms with van der Waals surface area (Å²) in [7, 11) is 0. The normalized spacial score (nSPS) is 9.47. The molecule has 0 heteroatoms. The van der Waals surface area contributed by atoms with E-state index in [4.69, 9.17) is 0 Å². The van der Waals surface area contributed by atoms with Gasteiger partial charge in [-0.05, 0) is 72.4 Å². The van der Waals surface area contributed by atoms with E-state index in [0.29, 0.717) is 0 Å². The second-order valence-electron chi connectivity index (χ2n) is 7.40. The van der Waals surface area contributed by atoms with Crippen molar-refractivity contribution in [2.75, 3.05) is 0 Å². The maximum absolute atomic E-state index is 2.30. The van der Waals surface area contributed by atoms with Crippen LogP contribution in [0.1, 0.15) is 51.8 Å². The standard InChI is InChI=1S/C27H24.2C2H6.CH4/c1-19-4-10-22(11-5-19)25-16-26(23-12-6-20(2)7-13-23)18-27(17-25)24-14-8-21(3)9-15-24;2*1-2;/h4-18H,1-3H3;2*1-2H3;1H4. The van der Waals surface area contributed by atoms with E-state index in [1.165, 1.54) is 50.1 Å². The Hall–Kier alpha value is -3.12. The molecule has 0 aliphatic heterocycles. The van der Waals surface area contributed by atoms with Gasteiger partial charge in [0.2, 0.25) is 0 Å². The van der Waals surface area contributed by atoms with Gasteiger partial charge in [-0.2, -0.15) is 0 Å². The Kier molecular flexibility index (Phi) is 11.2. The van der Waals surface area contributed by atoms with Gasteiger partial charge in [0.25, 0.3) is 0 Å². The van der Waals surface area contributed by atoms with Crippen LogP contribution in [0.25, 0.3) is 33.4 Å². The Morgan fingerprint density at radius 1 is 0.312 bits per heavy atom. The number of hydrogen-bond donors (Lipinski definition) is 0. The van der Waals surface area contributed by atoms with Crippen molar-refractivity contribution in [3.05, 3.63) is 108 Å². The summed E-state index contributed by atoms with van der Waals surface area (Å²) in [5.41, 5.74) is 11.4. The first-order chi connectivity index (χ1) is 15.1. The lowest BCUT2D eigenvalue weighted by Gasteiger charge is -2.12. The summed E-state index contributed by atoms with van der Waals surface area (Å²) in [4.78, 5) is 0. The molecule has 0 heterocycles. The van der Waals surface area contributed by atoms with Crippen LogP contribution in [0.3, 0.4) is 0 Å². The lowest BCUT2D eigenvalue weighted by molar-refractivity contribution is 1.45. The van der Waals surface area contributed by atoms with Gasteiger partial charge in [-0.1, -0.05) is 125 Å². The van der Waals surface area contributed by atoms with Crippen LogP contribution in [0.2, 0.25) is 0 Å². The summed E-state index contributed by atoms with van der Waals surface area (Å²) in [5, 5.41) is 0. The van der Waals surface area contributed by atoms with E-state index in [1.807, 2.05) is 27.7 Å². The fourth-order valence-corrected chi connectivity index (χ4v) is 3.37. The highest BCUT2D eigenvalue weighted by Gasteiger charge is 2.07. The molecule has 0 aliphatic carbocycles.